The van der Waals surface area contributed by atoms with Crippen LogP contribution in [-0.2, 0) is 12.4 Å². The molecule has 2 atom stereocenters. The molecule has 0 fully saturated rings. The summed E-state index contributed by atoms with van der Waals surface area (Å²) in [6.45, 7) is 3.20. The zero-order valence-corrected chi connectivity index (χ0v) is 22.3. The molecule has 2 unspecified atom stereocenters. The molecule has 0 spiro atoms. The molecular weight excluding hydrogens is 610 g/mol. The Labute approximate surface area is 240 Å². The number of phenolic OH excluding ortho intramolecular Hbond substituents is 2. The lowest BCUT2D eigenvalue weighted by Crippen LogP contribution is -2.24. The van der Waals surface area contributed by atoms with Crippen LogP contribution in [0.15, 0.2) is 42.7 Å². The number of carbonyl (C=O) groups excluding carboxylic acids is 2. The largest absolute Gasteiger partial charge is 0.507 e. The monoisotopic (exact) mass is 628 g/mol. The van der Waals surface area contributed by atoms with Gasteiger partial charge in [-0.3, -0.25) is 9.59 Å². The van der Waals surface area contributed by atoms with Crippen LogP contribution in [0.5, 0.6) is 23.0 Å². The Bertz CT molecular complexity index is 1960. The van der Waals surface area contributed by atoms with Crippen LogP contribution in [0, 0.1) is 0 Å². The van der Waals surface area contributed by atoms with Gasteiger partial charge in [0.25, 0.3) is 0 Å². The van der Waals surface area contributed by atoms with Crippen molar-refractivity contribution in [1.82, 2.24) is 0 Å². The number of alkyl halides is 6. The first-order valence-electron chi connectivity index (χ1n) is 12.6. The van der Waals surface area contributed by atoms with Gasteiger partial charge in [0, 0.05) is 37.1 Å². The van der Waals surface area contributed by atoms with Crippen LogP contribution in [0.3, 0.4) is 0 Å². The van der Waals surface area contributed by atoms with Crippen molar-refractivity contribution in [2.45, 2.75) is 51.2 Å². The number of ketones is 2. The van der Waals surface area contributed by atoms with Crippen molar-refractivity contribution in [2.24, 2.45) is 0 Å². The molecule has 6 rings (SSSR count). The van der Waals surface area contributed by atoms with Crippen molar-refractivity contribution >= 4 is 33.5 Å². The number of ether oxygens (including phenoxy) is 2. The fourth-order valence-corrected chi connectivity index (χ4v) is 5.00. The first kappa shape index (κ1) is 30.4. The predicted molar refractivity (Wildman–Crippen MR) is 136 cm³/mol. The summed E-state index contributed by atoms with van der Waals surface area (Å²) < 4.78 is 98.5. The second-order valence-corrected chi connectivity index (χ2v) is 10.0. The van der Waals surface area contributed by atoms with Gasteiger partial charge in [0.05, 0.1) is 21.9 Å². The maximum atomic E-state index is 13.1. The van der Waals surface area contributed by atoms with Crippen molar-refractivity contribution in [3.63, 3.8) is 0 Å². The van der Waals surface area contributed by atoms with Gasteiger partial charge in [0.15, 0.2) is 17.1 Å². The third-order valence-corrected chi connectivity index (χ3v) is 6.70. The highest BCUT2D eigenvalue weighted by atomic mass is 19.4. The zero-order chi connectivity index (χ0) is 32.5. The third kappa shape index (κ3) is 5.31. The van der Waals surface area contributed by atoms with Crippen LogP contribution in [0.25, 0.3) is 21.9 Å². The van der Waals surface area contributed by atoms with Crippen LogP contribution in [0.4, 0.5) is 26.3 Å². The molecule has 0 saturated heterocycles. The number of rotatable bonds is 0. The molecule has 0 bridgehead atoms. The van der Waals surface area contributed by atoms with E-state index in [0.29, 0.717) is 0 Å². The molecule has 4 aromatic rings. The minimum Gasteiger partial charge on any atom is -0.507 e. The van der Waals surface area contributed by atoms with Gasteiger partial charge < -0.3 is 28.5 Å². The van der Waals surface area contributed by atoms with Crippen molar-refractivity contribution < 1.29 is 64.5 Å². The van der Waals surface area contributed by atoms with E-state index < -0.39 is 91.9 Å². The summed E-state index contributed by atoms with van der Waals surface area (Å²) in [6.07, 6.45) is -10.9. The molecule has 44 heavy (non-hydrogen) atoms. The molecule has 232 valence electrons. The van der Waals surface area contributed by atoms with Gasteiger partial charge in [-0.25, -0.2) is 9.59 Å². The van der Waals surface area contributed by atoms with Gasteiger partial charge >= 0.3 is 23.6 Å². The van der Waals surface area contributed by atoms with E-state index in [0.717, 1.165) is 12.1 Å². The Kier molecular flexibility index (Phi) is 7.13. The number of hydrogen-bond acceptors (Lipinski definition) is 10. The quantitative estimate of drug-likeness (QED) is 0.182. The van der Waals surface area contributed by atoms with Crippen molar-refractivity contribution in [2.75, 3.05) is 0 Å². The standard InChI is InChI=1S/2C14H9F3O5/c1-5-2-7(18)12-9(21-5)4-8-11(13(12)20)6(14(15,16)17)3-10(19)22-8;1-5-2-7(18)12-9(21-5)4-8(19)11-6(14(15,16)17)3-10(20)22-13(11)12/h3-5,20H,2H2,1H3;3-5,19H,2H2,1H3. The number of phenols is 2. The molecule has 16 heteroatoms. The van der Waals surface area contributed by atoms with Crippen LogP contribution >= 0.6 is 0 Å². The summed E-state index contributed by atoms with van der Waals surface area (Å²) >= 11 is 0. The number of halogens is 6. The summed E-state index contributed by atoms with van der Waals surface area (Å²) in [5.74, 6) is -2.91. The van der Waals surface area contributed by atoms with Gasteiger partial charge in [-0.15, -0.1) is 0 Å². The molecule has 0 radical (unpaired) electrons. The summed E-state index contributed by atoms with van der Waals surface area (Å²) in [4.78, 5) is 46.8. The van der Waals surface area contributed by atoms with Crippen LogP contribution in [0.1, 0.15) is 58.5 Å². The minimum absolute atomic E-state index is 0.0627. The van der Waals surface area contributed by atoms with E-state index in [-0.39, 0.29) is 47.6 Å². The number of Topliss-reactive ketones (excluding diaryl/α,β-unsaturated/α-hetero) is 2. The smallest absolute Gasteiger partial charge is 0.417 e. The summed E-state index contributed by atoms with van der Waals surface area (Å²) in [5, 5.41) is 18.6. The Balaban J connectivity index is 0.000000175. The normalized spacial score (nSPS) is 18.2. The molecule has 0 aliphatic carbocycles. The average molecular weight is 628 g/mol. The molecule has 10 nitrogen and oxygen atoms in total. The first-order chi connectivity index (χ1) is 20.4. The number of aromatic hydroxyl groups is 2. The highest BCUT2D eigenvalue weighted by Gasteiger charge is 2.39. The molecular formula is C28H18F6O10. The Morgan fingerprint density at radius 2 is 1.16 bits per heavy atom. The molecule has 2 aromatic carbocycles. The number of hydrogen-bond donors (Lipinski definition) is 2. The lowest BCUT2D eigenvalue weighted by molar-refractivity contribution is -0.137. The molecule has 0 amide bonds. The van der Waals surface area contributed by atoms with Crippen molar-refractivity contribution in [1.29, 1.82) is 0 Å². The lowest BCUT2D eigenvalue weighted by Gasteiger charge is -2.24. The SMILES string of the molecule is CC1CC(=O)c2c(cc(O)c3c(C(F)(F)F)cc(=O)oc23)O1.CC1CC(=O)c2c(cc3oc(=O)cc(C(F)(F)F)c3c2O)O1. The highest BCUT2D eigenvalue weighted by Crippen LogP contribution is 2.46. The Morgan fingerprint density at radius 3 is 1.70 bits per heavy atom. The van der Waals surface area contributed by atoms with Gasteiger partial charge in [0.1, 0.15) is 51.9 Å². The van der Waals surface area contributed by atoms with E-state index >= 15 is 0 Å². The van der Waals surface area contributed by atoms with E-state index in [4.69, 9.17) is 18.3 Å². The molecule has 0 saturated carbocycles. The molecule has 2 aromatic heterocycles. The maximum absolute atomic E-state index is 13.1. The zero-order valence-electron chi connectivity index (χ0n) is 22.3. The van der Waals surface area contributed by atoms with Crippen molar-refractivity contribution in [3.8, 4) is 23.0 Å². The predicted octanol–water partition coefficient (Wildman–Crippen LogP) is 5.74. The van der Waals surface area contributed by atoms with Gasteiger partial charge in [0.2, 0.25) is 0 Å². The van der Waals surface area contributed by atoms with E-state index in [2.05, 4.69) is 0 Å². The fourth-order valence-electron chi connectivity index (χ4n) is 5.00. The van der Waals surface area contributed by atoms with Gasteiger partial charge in [-0.05, 0) is 13.8 Å². The minimum atomic E-state index is -4.88. The van der Waals surface area contributed by atoms with Crippen LogP contribution < -0.4 is 20.7 Å². The topological polar surface area (TPSA) is 153 Å². The van der Waals surface area contributed by atoms with Gasteiger partial charge in [-0.2, -0.15) is 26.3 Å². The van der Waals surface area contributed by atoms with E-state index in [9.17, 15) is 55.7 Å². The van der Waals surface area contributed by atoms with Crippen molar-refractivity contribution in [3.05, 3.63) is 67.4 Å². The van der Waals surface area contributed by atoms with E-state index in [1.807, 2.05) is 0 Å². The average Bonchev–Trinajstić information content (AvgIpc) is 2.85. The van der Waals surface area contributed by atoms with E-state index in [1.165, 1.54) is 0 Å². The second-order valence-electron chi connectivity index (χ2n) is 10.0. The van der Waals surface area contributed by atoms with E-state index in [1.54, 1.807) is 13.8 Å². The van der Waals surface area contributed by atoms with Crippen LogP contribution in [-0.4, -0.2) is 34.0 Å². The second kappa shape index (κ2) is 10.3. The van der Waals surface area contributed by atoms with Crippen LogP contribution in [0.2, 0.25) is 0 Å². The van der Waals surface area contributed by atoms with Gasteiger partial charge in [-0.1, -0.05) is 0 Å². The Hall–Kier alpha value is -5.02. The number of fused-ring (bicyclic) bond motifs is 5. The maximum Gasteiger partial charge on any atom is 0.417 e. The fraction of sp³-hybridized carbons (Fsp3) is 0.286. The number of carbonyl (C=O) groups is 2. The molecule has 2 N–H and O–H groups in total. The lowest BCUT2D eigenvalue weighted by atomic mass is 9.96. The first-order valence-corrected chi connectivity index (χ1v) is 12.6. The summed E-state index contributed by atoms with van der Waals surface area (Å²) in [6, 6.07) is 2.44. The summed E-state index contributed by atoms with van der Waals surface area (Å²) in [7, 11) is 0. The Morgan fingerprint density at radius 1 is 0.682 bits per heavy atom. The number of benzene rings is 2. The third-order valence-electron chi connectivity index (χ3n) is 6.70. The highest BCUT2D eigenvalue weighted by molar-refractivity contribution is 6.11. The molecule has 2 aliphatic rings. The molecule has 4 heterocycles. The molecule has 2 aliphatic heterocycles. The summed E-state index contributed by atoms with van der Waals surface area (Å²) in [5.41, 5.74) is -6.87.